The predicted molar refractivity (Wildman–Crippen MR) is 70.8 cm³/mol. The highest BCUT2D eigenvalue weighted by atomic mass is 16.3. The van der Waals surface area contributed by atoms with Crippen LogP contribution in [-0.2, 0) is 0 Å². The molecule has 1 N–H and O–H groups in total. The lowest BCUT2D eigenvalue weighted by Gasteiger charge is -2.33. The summed E-state index contributed by atoms with van der Waals surface area (Å²) in [7, 11) is 2.08. The number of likely N-dealkylation sites (N-methyl/N-ethyl adjacent to an activating group) is 1. The highest BCUT2D eigenvalue weighted by Crippen LogP contribution is 2.42. The van der Waals surface area contributed by atoms with Gasteiger partial charge in [0.1, 0.15) is 0 Å². The molecule has 0 saturated carbocycles. The number of rotatable bonds is 3. The summed E-state index contributed by atoms with van der Waals surface area (Å²) >= 11 is 0. The molecule has 1 aliphatic rings. The van der Waals surface area contributed by atoms with E-state index in [-0.39, 0.29) is 6.04 Å². The van der Waals surface area contributed by atoms with Crippen LogP contribution in [-0.4, -0.2) is 29.2 Å². The van der Waals surface area contributed by atoms with Gasteiger partial charge in [-0.2, -0.15) is 0 Å². The molecule has 2 unspecified atom stereocenters. The van der Waals surface area contributed by atoms with Gasteiger partial charge in [-0.05, 0) is 32.4 Å². The Morgan fingerprint density at radius 2 is 2.12 bits per heavy atom. The van der Waals surface area contributed by atoms with E-state index in [9.17, 15) is 5.11 Å². The molecule has 17 heavy (non-hydrogen) atoms. The van der Waals surface area contributed by atoms with Crippen molar-refractivity contribution >= 4 is 0 Å². The van der Waals surface area contributed by atoms with Crippen molar-refractivity contribution in [3.63, 3.8) is 0 Å². The smallest absolute Gasteiger partial charge is 0.0892 e. The fraction of sp³-hybridized carbons (Fsp3) is 0.467. The van der Waals surface area contributed by atoms with Crippen molar-refractivity contribution in [1.29, 1.82) is 0 Å². The van der Waals surface area contributed by atoms with E-state index in [1.54, 1.807) is 0 Å². The lowest BCUT2D eigenvalue weighted by molar-refractivity contribution is 0.00758. The van der Waals surface area contributed by atoms with Crippen LogP contribution in [0.2, 0.25) is 0 Å². The highest BCUT2D eigenvalue weighted by molar-refractivity contribution is 5.25. The first-order valence-electron chi connectivity index (χ1n) is 6.15. The van der Waals surface area contributed by atoms with Crippen molar-refractivity contribution in [2.75, 3.05) is 13.6 Å². The molecule has 2 rings (SSSR count). The average molecular weight is 231 g/mol. The Labute approximate surface area is 104 Å². The summed E-state index contributed by atoms with van der Waals surface area (Å²) in [6.07, 6.45) is 1.49. The number of hydrogen-bond acceptors (Lipinski definition) is 2. The van der Waals surface area contributed by atoms with E-state index in [0.29, 0.717) is 6.42 Å². The lowest BCUT2D eigenvalue weighted by Crippen LogP contribution is -2.36. The summed E-state index contributed by atoms with van der Waals surface area (Å²) < 4.78 is 0. The van der Waals surface area contributed by atoms with E-state index in [1.165, 1.54) is 5.56 Å². The minimum Gasteiger partial charge on any atom is -0.388 e. The molecule has 0 radical (unpaired) electrons. The zero-order valence-corrected chi connectivity index (χ0v) is 10.7. The van der Waals surface area contributed by atoms with Gasteiger partial charge in [0.05, 0.1) is 11.6 Å². The first-order chi connectivity index (χ1) is 8.03. The molecule has 92 valence electrons. The van der Waals surface area contributed by atoms with Crippen LogP contribution in [0.15, 0.2) is 42.5 Å². The standard InChI is InChI=1S/C15H21NO/c1-12(2)11-15(17)9-10-16(3)14(15)13-7-5-4-6-8-13/h4-8,14,17H,1,9-11H2,2-3H3. The third kappa shape index (κ3) is 2.43. The average Bonchev–Trinajstić information content (AvgIpc) is 2.54. The Balaban J connectivity index is 2.32. The zero-order valence-electron chi connectivity index (χ0n) is 10.7. The second kappa shape index (κ2) is 4.63. The van der Waals surface area contributed by atoms with Gasteiger partial charge in [0.15, 0.2) is 0 Å². The normalized spacial score (nSPS) is 29.5. The first-order valence-corrected chi connectivity index (χ1v) is 6.15. The van der Waals surface area contributed by atoms with E-state index in [1.807, 2.05) is 25.1 Å². The summed E-state index contributed by atoms with van der Waals surface area (Å²) in [5.74, 6) is 0. The van der Waals surface area contributed by atoms with Crippen LogP contribution in [0.1, 0.15) is 31.4 Å². The monoisotopic (exact) mass is 231 g/mol. The number of likely N-dealkylation sites (tertiary alicyclic amines) is 1. The molecule has 2 nitrogen and oxygen atoms in total. The predicted octanol–water partition coefficient (Wildman–Crippen LogP) is 2.76. The van der Waals surface area contributed by atoms with Crippen LogP contribution in [0.3, 0.4) is 0 Å². The van der Waals surface area contributed by atoms with E-state index in [4.69, 9.17) is 0 Å². The van der Waals surface area contributed by atoms with Crippen LogP contribution in [0.25, 0.3) is 0 Å². The van der Waals surface area contributed by atoms with Crippen LogP contribution in [0, 0.1) is 0 Å². The summed E-state index contributed by atoms with van der Waals surface area (Å²) in [6, 6.07) is 10.3. The van der Waals surface area contributed by atoms with Crippen LogP contribution in [0.4, 0.5) is 0 Å². The molecule has 1 saturated heterocycles. The van der Waals surface area contributed by atoms with E-state index >= 15 is 0 Å². The fourth-order valence-corrected chi connectivity index (χ4v) is 2.95. The van der Waals surface area contributed by atoms with E-state index in [2.05, 4.69) is 30.7 Å². The van der Waals surface area contributed by atoms with Gasteiger partial charge >= 0.3 is 0 Å². The van der Waals surface area contributed by atoms with Crippen molar-refractivity contribution in [1.82, 2.24) is 4.90 Å². The Morgan fingerprint density at radius 1 is 1.47 bits per heavy atom. The third-order valence-corrected chi connectivity index (χ3v) is 3.57. The van der Waals surface area contributed by atoms with Gasteiger partial charge < -0.3 is 5.11 Å². The molecule has 0 spiro atoms. The molecular weight excluding hydrogens is 210 g/mol. The molecule has 0 bridgehead atoms. The van der Waals surface area contributed by atoms with Crippen molar-refractivity contribution in [3.05, 3.63) is 48.0 Å². The van der Waals surface area contributed by atoms with E-state index in [0.717, 1.165) is 18.5 Å². The maximum Gasteiger partial charge on any atom is 0.0892 e. The lowest BCUT2D eigenvalue weighted by atomic mass is 9.84. The topological polar surface area (TPSA) is 23.5 Å². The summed E-state index contributed by atoms with van der Waals surface area (Å²) in [5, 5.41) is 10.8. The SMILES string of the molecule is C=C(C)CC1(O)CCN(C)C1c1ccccc1. The summed E-state index contributed by atoms with van der Waals surface area (Å²) in [4.78, 5) is 2.23. The molecule has 1 aromatic carbocycles. The Bertz CT molecular complexity index is 401. The third-order valence-electron chi connectivity index (χ3n) is 3.57. The first kappa shape index (κ1) is 12.3. The van der Waals surface area contributed by atoms with E-state index < -0.39 is 5.60 Å². The van der Waals surface area contributed by atoms with Gasteiger partial charge in [-0.25, -0.2) is 0 Å². The molecule has 0 aliphatic carbocycles. The molecule has 1 fully saturated rings. The van der Waals surface area contributed by atoms with Crippen molar-refractivity contribution in [3.8, 4) is 0 Å². The molecule has 0 aromatic heterocycles. The largest absolute Gasteiger partial charge is 0.388 e. The highest BCUT2D eigenvalue weighted by Gasteiger charge is 2.44. The van der Waals surface area contributed by atoms with Crippen LogP contribution in [0.5, 0.6) is 0 Å². The second-order valence-electron chi connectivity index (χ2n) is 5.28. The molecule has 0 amide bonds. The number of nitrogens with zero attached hydrogens (tertiary/aromatic N) is 1. The Kier molecular flexibility index (Phi) is 3.36. The molecule has 1 aliphatic heterocycles. The van der Waals surface area contributed by atoms with Crippen molar-refractivity contribution in [2.24, 2.45) is 0 Å². The minimum atomic E-state index is -0.665. The van der Waals surface area contributed by atoms with Crippen LogP contribution >= 0.6 is 0 Å². The molecule has 2 heteroatoms. The second-order valence-corrected chi connectivity index (χ2v) is 5.28. The number of hydrogen-bond donors (Lipinski definition) is 1. The molecule has 1 heterocycles. The Morgan fingerprint density at radius 3 is 2.71 bits per heavy atom. The van der Waals surface area contributed by atoms with Gasteiger partial charge in [-0.3, -0.25) is 4.90 Å². The maximum atomic E-state index is 10.8. The van der Waals surface area contributed by atoms with Crippen molar-refractivity contribution in [2.45, 2.75) is 31.4 Å². The maximum absolute atomic E-state index is 10.8. The van der Waals surface area contributed by atoms with Gasteiger partial charge in [0.2, 0.25) is 0 Å². The fourth-order valence-electron chi connectivity index (χ4n) is 2.95. The summed E-state index contributed by atoms with van der Waals surface area (Å²) in [5.41, 5.74) is 1.57. The minimum absolute atomic E-state index is 0.0837. The van der Waals surface area contributed by atoms with Gasteiger partial charge in [-0.15, -0.1) is 6.58 Å². The number of benzene rings is 1. The van der Waals surface area contributed by atoms with Crippen LogP contribution < -0.4 is 0 Å². The molecule has 1 aromatic rings. The molecular formula is C15H21NO. The quantitative estimate of drug-likeness (QED) is 0.809. The summed E-state index contributed by atoms with van der Waals surface area (Å²) in [6.45, 7) is 6.86. The van der Waals surface area contributed by atoms with Gasteiger partial charge in [0, 0.05) is 6.54 Å². The zero-order chi connectivity index (χ0) is 12.5. The number of aliphatic hydroxyl groups is 1. The van der Waals surface area contributed by atoms with Crippen molar-refractivity contribution < 1.29 is 5.11 Å². The molecule has 2 atom stereocenters. The van der Waals surface area contributed by atoms with Gasteiger partial charge in [-0.1, -0.05) is 35.9 Å². The van der Waals surface area contributed by atoms with Gasteiger partial charge in [0.25, 0.3) is 0 Å². The Hall–Kier alpha value is -1.12.